The van der Waals surface area contributed by atoms with Gasteiger partial charge in [-0.2, -0.15) is 0 Å². The second-order valence-corrected chi connectivity index (χ2v) is 4.15. The van der Waals surface area contributed by atoms with Gasteiger partial charge >= 0.3 is 0 Å². The van der Waals surface area contributed by atoms with Crippen molar-refractivity contribution in [2.24, 2.45) is 0 Å². The van der Waals surface area contributed by atoms with Crippen LogP contribution in [0.5, 0.6) is 0 Å². The van der Waals surface area contributed by atoms with Gasteiger partial charge in [0.05, 0.1) is 6.10 Å². The first-order valence-corrected chi connectivity index (χ1v) is 4.54. The molecule has 0 spiro atoms. The monoisotopic (exact) mass is 155 g/mol. The SMILES string of the molecule is CN1CCC2C[C@]1(C)CCO2. The highest BCUT2D eigenvalue weighted by atomic mass is 16.5. The fourth-order valence-electron chi connectivity index (χ4n) is 2.24. The maximum Gasteiger partial charge on any atom is 0.0604 e. The van der Waals surface area contributed by atoms with E-state index in [9.17, 15) is 0 Å². The fraction of sp³-hybridized carbons (Fsp3) is 1.00. The van der Waals surface area contributed by atoms with E-state index in [1.807, 2.05) is 0 Å². The summed E-state index contributed by atoms with van der Waals surface area (Å²) in [7, 11) is 2.24. The molecule has 0 aromatic carbocycles. The Morgan fingerprint density at radius 1 is 1.55 bits per heavy atom. The minimum Gasteiger partial charge on any atom is -0.378 e. The van der Waals surface area contributed by atoms with Crippen molar-refractivity contribution in [1.82, 2.24) is 4.90 Å². The van der Waals surface area contributed by atoms with Gasteiger partial charge in [0.25, 0.3) is 0 Å². The molecule has 0 amide bonds. The molecule has 0 saturated carbocycles. The predicted molar refractivity (Wildman–Crippen MR) is 44.6 cm³/mol. The highest BCUT2D eigenvalue weighted by Crippen LogP contribution is 2.34. The van der Waals surface area contributed by atoms with Gasteiger partial charge in [0, 0.05) is 18.7 Å². The van der Waals surface area contributed by atoms with Gasteiger partial charge < -0.3 is 9.64 Å². The normalized spacial score (nSPS) is 45.8. The highest BCUT2D eigenvalue weighted by molar-refractivity contribution is 4.94. The summed E-state index contributed by atoms with van der Waals surface area (Å²) in [6.07, 6.45) is 4.24. The molecule has 2 saturated heterocycles. The molecule has 0 aliphatic carbocycles. The number of nitrogens with zero attached hydrogens (tertiary/aromatic N) is 1. The summed E-state index contributed by atoms with van der Waals surface area (Å²) in [6, 6.07) is 0. The lowest BCUT2D eigenvalue weighted by Crippen LogP contribution is -2.55. The summed E-state index contributed by atoms with van der Waals surface area (Å²) in [5.41, 5.74) is 0.446. The molecular weight excluding hydrogens is 138 g/mol. The van der Waals surface area contributed by atoms with Crippen LogP contribution in [0, 0.1) is 0 Å². The molecule has 1 unspecified atom stereocenters. The molecule has 2 nitrogen and oxygen atoms in total. The van der Waals surface area contributed by atoms with Crippen LogP contribution in [0.3, 0.4) is 0 Å². The summed E-state index contributed by atoms with van der Waals surface area (Å²) in [5.74, 6) is 0. The Morgan fingerprint density at radius 3 is 3.09 bits per heavy atom. The average Bonchev–Trinajstić information content (AvgIpc) is 1.98. The predicted octanol–water partition coefficient (Wildman–Crippen LogP) is 1.26. The van der Waals surface area contributed by atoms with Crippen molar-refractivity contribution in [2.45, 2.75) is 37.8 Å². The van der Waals surface area contributed by atoms with Crippen LogP contribution in [-0.2, 0) is 4.74 Å². The molecule has 0 N–H and O–H groups in total. The van der Waals surface area contributed by atoms with E-state index in [-0.39, 0.29) is 0 Å². The molecule has 2 heteroatoms. The zero-order valence-corrected chi connectivity index (χ0v) is 7.47. The van der Waals surface area contributed by atoms with E-state index in [1.165, 1.54) is 25.8 Å². The standard InChI is InChI=1S/C9H17NO/c1-9-4-6-11-8(7-9)3-5-10(9)2/h8H,3-7H2,1-2H3/t8?,9-/m0/s1. The third kappa shape index (κ3) is 1.18. The van der Waals surface area contributed by atoms with Gasteiger partial charge in [-0.1, -0.05) is 0 Å². The third-order valence-corrected chi connectivity index (χ3v) is 3.37. The van der Waals surface area contributed by atoms with E-state index in [2.05, 4.69) is 18.9 Å². The van der Waals surface area contributed by atoms with Crippen LogP contribution in [0.15, 0.2) is 0 Å². The molecular formula is C9H17NO. The largest absolute Gasteiger partial charge is 0.378 e. The smallest absolute Gasteiger partial charge is 0.0604 e. The Labute approximate surface area is 68.5 Å². The first-order valence-electron chi connectivity index (χ1n) is 4.54. The maximum absolute atomic E-state index is 5.64. The van der Waals surface area contributed by atoms with Crippen LogP contribution in [0.4, 0.5) is 0 Å². The Bertz CT molecular complexity index is 160. The molecule has 2 atom stereocenters. The van der Waals surface area contributed by atoms with Gasteiger partial charge in [-0.05, 0) is 33.2 Å². The molecule has 2 heterocycles. The van der Waals surface area contributed by atoms with Gasteiger partial charge in [0.15, 0.2) is 0 Å². The Hall–Kier alpha value is -0.0800. The third-order valence-electron chi connectivity index (χ3n) is 3.37. The van der Waals surface area contributed by atoms with E-state index in [0.717, 1.165) is 6.61 Å². The Kier molecular flexibility index (Phi) is 1.69. The average molecular weight is 155 g/mol. The molecule has 2 aliphatic rings. The fourth-order valence-corrected chi connectivity index (χ4v) is 2.24. The summed E-state index contributed by atoms with van der Waals surface area (Å²) in [5, 5.41) is 0. The van der Waals surface area contributed by atoms with E-state index >= 15 is 0 Å². The van der Waals surface area contributed by atoms with Crippen molar-refractivity contribution in [1.29, 1.82) is 0 Å². The Balaban J connectivity index is 2.13. The van der Waals surface area contributed by atoms with Crippen LogP contribution < -0.4 is 0 Å². The van der Waals surface area contributed by atoms with Crippen LogP contribution >= 0.6 is 0 Å². The summed E-state index contributed by atoms with van der Waals surface area (Å²) < 4.78 is 5.64. The number of ether oxygens (including phenoxy) is 1. The molecule has 0 radical (unpaired) electrons. The quantitative estimate of drug-likeness (QED) is 0.522. The lowest BCUT2D eigenvalue weighted by Gasteiger charge is -2.49. The van der Waals surface area contributed by atoms with Crippen LogP contribution in [0.2, 0.25) is 0 Å². The molecule has 64 valence electrons. The van der Waals surface area contributed by atoms with E-state index in [4.69, 9.17) is 4.74 Å². The molecule has 2 bridgehead atoms. The van der Waals surface area contributed by atoms with Gasteiger partial charge in [0.2, 0.25) is 0 Å². The minimum atomic E-state index is 0.446. The lowest BCUT2D eigenvalue weighted by atomic mass is 9.83. The minimum absolute atomic E-state index is 0.446. The van der Waals surface area contributed by atoms with Crippen LogP contribution in [-0.4, -0.2) is 36.7 Å². The molecule has 2 rings (SSSR count). The zero-order chi connectivity index (χ0) is 7.90. The van der Waals surface area contributed by atoms with Crippen molar-refractivity contribution in [3.63, 3.8) is 0 Å². The van der Waals surface area contributed by atoms with Gasteiger partial charge in [-0.25, -0.2) is 0 Å². The number of piperidine rings is 1. The van der Waals surface area contributed by atoms with Crippen molar-refractivity contribution in [3.05, 3.63) is 0 Å². The van der Waals surface area contributed by atoms with Crippen LogP contribution in [0.25, 0.3) is 0 Å². The van der Waals surface area contributed by atoms with Gasteiger partial charge in [-0.3, -0.25) is 0 Å². The van der Waals surface area contributed by atoms with Crippen molar-refractivity contribution in [3.8, 4) is 0 Å². The number of fused-ring (bicyclic) bond motifs is 2. The highest BCUT2D eigenvalue weighted by Gasteiger charge is 2.39. The molecule has 2 aliphatic heterocycles. The topological polar surface area (TPSA) is 12.5 Å². The number of likely N-dealkylation sites (tertiary alicyclic amines) is 1. The van der Waals surface area contributed by atoms with Crippen molar-refractivity contribution >= 4 is 0 Å². The van der Waals surface area contributed by atoms with E-state index in [0.29, 0.717) is 11.6 Å². The second-order valence-electron chi connectivity index (χ2n) is 4.15. The lowest BCUT2D eigenvalue weighted by molar-refractivity contribution is -0.0971. The number of hydrogen-bond acceptors (Lipinski definition) is 2. The molecule has 11 heavy (non-hydrogen) atoms. The van der Waals surface area contributed by atoms with Crippen molar-refractivity contribution in [2.75, 3.05) is 20.2 Å². The van der Waals surface area contributed by atoms with E-state index in [1.54, 1.807) is 0 Å². The molecule has 2 fully saturated rings. The van der Waals surface area contributed by atoms with E-state index < -0.39 is 0 Å². The van der Waals surface area contributed by atoms with Crippen LogP contribution in [0.1, 0.15) is 26.2 Å². The Morgan fingerprint density at radius 2 is 2.36 bits per heavy atom. The summed E-state index contributed by atoms with van der Waals surface area (Å²) in [6.45, 7) is 4.54. The summed E-state index contributed by atoms with van der Waals surface area (Å²) >= 11 is 0. The van der Waals surface area contributed by atoms with Gasteiger partial charge in [0.1, 0.15) is 0 Å². The maximum atomic E-state index is 5.64. The molecule has 0 aromatic rings. The zero-order valence-electron chi connectivity index (χ0n) is 7.47. The number of rotatable bonds is 0. The molecule has 0 aromatic heterocycles. The first-order chi connectivity index (χ1) is 5.21. The van der Waals surface area contributed by atoms with Gasteiger partial charge in [-0.15, -0.1) is 0 Å². The van der Waals surface area contributed by atoms with Crippen molar-refractivity contribution < 1.29 is 4.74 Å². The second kappa shape index (κ2) is 2.46. The number of hydrogen-bond donors (Lipinski definition) is 0. The first kappa shape index (κ1) is 7.56. The summed E-state index contributed by atoms with van der Waals surface area (Å²) in [4.78, 5) is 2.49.